The Kier molecular flexibility index (Phi) is 6.05. The standard InChI is InChI=1S/C23H25NO7S/c1-13(12-31-14(2)25)18-21(26)24-19(22(27)28)20(17-5-4-10-30-17)32-23(18,24)11-15-6-8-16(29-3)9-7-15/h6-9,17H,4-5,10-12H2,1-3H3,(H,27,28)/t17-,23+/m0/s1. The minimum Gasteiger partial charge on any atom is -0.497 e. The lowest BCUT2D eigenvalue weighted by Crippen LogP contribution is -2.63. The lowest BCUT2D eigenvalue weighted by Gasteiger charge is -2.50. The molecule has 9 heteroatoms. The third-order valence-electron chi connectivity index (χ3n) is 5.85. The first-order valence-corrected chi connectivity index (χ1v) is 11.2. The molecule has 1 aromatic carbocycles. The number of carboxylic acids is 1. The van der Waals surface area contributed by atoms with Gasteiger partial charge in [0, 0.05) is 24.9 Å². The van der Waals surface area contributed by atoms with Crippen molar-refractivity contribution in [1.29, 1.82) is 0 Å². The van der Waals surface area contributed by atoms with E-state index in [1.807, 2.05) is 24.3 Å². The van der Waals surface area contributed by atoms with Crippen LogP contribution in [-0.4, -0.2) is 59.2 Å². The van der Waals surface area contributed by atoms with Crippen LogP contribution in [0, 0.1) is 0 Å². The number of nitrogens with zero attached hydrogens (tertiary/aromatic N) is 1. The summed E-state index contributed by atoms with van der Waals surface area (Å²) in [4.78, 5) is 37.9. The quantitative estimate of drug-likeness (QED) is 0.377. The van der Waals surface area contributed by atoms with Crippen LogP contribution in [0.15, 0.2) is 46.0 Å². The molecule has 0 aromatic heterocycles. The van der Waals surface area contributed by atoms with Gasteiger partial charge < -0.3 is 19.3 Å². The van der Waals surface area contributed by atoms with Crippen LogP contribution >= 0.6 is 11.8 Å². The summed E-state index contributed by atoms with van der Waals surface area (Å²) in [5.74, 6) is -1.26. The Balaban J connectivity index is 1.77. The monoisotopic (exact) mass is 459 g/mol. The number of amides is 1. The predicted molar refractivity (Wildman–Crippen MR) is 117 cm³/mol. The number of rotatable bonds is 7. The fourth-order valence-electron chi connectivity index (χ4n) is 4.45. The van der Waals surface area contributed by atoms with Crippen molar-refractivity contribution in [1.82, 2.24) is 4.90 Å². The smallest absolute Gasteiger partial charge is 0.353 e. The van der Waals surface area contributed by atoms with Gasteiger partial charge in [-0.05, 0) is 43.0 Å². The van der Waals surface area contributed by atoms with Crippen LogP contribution in [0.25, 0.3) is 0 Å². The Morgan fingerprint density at radius 2 is 2.00 bits per heavy atom. The summed E-state index contributed by atoms with van der Waals surface area (Å²) in [6, 6.07) is 7.47. The first-order chi connectivity index (χ1) is 15.3. The molecule has 170 valence electrons. The van der Waals surface area contributed by atoms with Crippen LogP contribution in [0.5, 0.6) is 5.75 Å². The number of fused-ring (bicyclic) bond motifs is 1. The van der Waals surface area contributed by atoms with E-state index >= 15 is 0 Å². The average molecular weight is 460 g/mol. The van der Waals surface area contributed by atoms with Crippen molar-refractivity contribution in [3.63, 3.8) is 0 Å². The first-order valence-electron chi connectivity index (χ1n) is 10.4. The van der Waals surface area contributed by atoms with E-state index in [4.69, 9.17) is 14.2 Å². The average Bonchev–Trinajstić information content (AvgIpc) is 3.38. The second kappa shape index (κ2) is 8.63. The number of β-lactam (4-membered cyclic amide) rings is 1. The zero-order chi connectivity index (χ0) is 23.0. The molecule has 0 radical (unpaired) electrons. The Labute approximate surface area is 190 Å². The highest BCUT2D eigenvalue weighted by molar-refractivity contribution is 8.05. The molecular formula is C23H25NO7S. The molecule has 3 aliphatic heterocycles. The number of hydrogen-bond donors (Lipinski definition) is 1. The first kappa shape index (κ1) is 22.4. The molecule has 0 spiro atoms. The molecule has 3 heterocycles. The van der Waals surface area contributed by atoms with Crippen molar-refractivity contribution in [3.05, 3.63) is 51.6 Å². The lowest BCUT2D eigenvalue weighted by atomic mass is 9.84. The third kappa shape index (κ3) is 3.69. The molecule has 3 aliphatic rings. The minimum atomic E-state index is -1.15. The maximum Gasteiger partial charge on any atom is 0.353 e. The number of ether oxygens (including phenoxy) is 3. The van der Waals surface area contributed by atoms with E-state index in [2.05, 4.69) is 0 Å². The summed E-state index contributed by atoms with van der Waals surface area (Å²) in [5.41, 5.74) is 2.00. The molecule has 0 aliphatic carbocycles. The van der Waals surface area contributed by atoms with Gasteiger partial charge >= 0.3 is 11.9 Å². The van der Waals surface area contributed by atoms with E-state index < -0.39 is 16.8 Å². The topological polar surface area (TPSA) is 102 Å². The van der Waals surface area contributed by atoms with Crippen LogP contribution in [0.3, 0.4) is 0 Å². The Morgan fingerprint density at radius 1 is 1.28 bits per heavy atom. The summed E-state index contributed by atoms with van der Waals surface area (Å²) < 4.78 is 16.2. The van der Waals surface area contributed by atoms with Crippen molar-refractivity contribution in [2.75, 3.05) is 20.3 Å². The van der Waals surface area contributed by atoms with Gasteiger partial charge in [0.05, 0.1) is 18.8 Å². The van der Waals surface area contributed by atoms with Gasteiger partial charge in [0.15, 0.2) is 0 Å². The highest BCUT2D eigenvalue weighted by Gasteiger charge is 2.65. The number of benzene rings is 1. The zero-order valence-corrected chi connectivity index (χ0v) is 19.0. The number of carbonyl (C=O) groups is 3. The number of methoxy groups -OCH3 is 1. The predicted octanol–water partition coefficient (Wildman–Crippen LogP) is 2.88. The molecule has 2 atom stereocenters. The summed E-state index contributed by atoms with van der Waals surface area (Å²) in [6.45, 7) is 3.60. The van der Waals surface area contributed by atoms with Crippen LogP contribution in [0.1, 0.15) is 32.3 Å². The normalized spacial score (nSPS) is 26.0. The number of aliphatic carboxylic acids is 1. The van der Waals surface area contributed by atoms with Crippen molar-refractivity contribution >= 4 is 29.6 Å². The Morgan fingerprint density at radius 3 is 2.56 bits per heavy atom. The molecule has 8 nitrogen and oxygen atoms in total. The van der Waals surface area contributed by atoms with Gasteiger partial charge in [0.2, 0.25) is 0 Å². The van der Waals surface area contributed by atoms with E-state index in [0.717, 1.165) is 12.0 Å². The molecular weight excluding hydrogens is 434 g/mol. The summed E-state index contributed by atoms with van der Waals surface area (Å²) >= 11 is 1.37. The van der Waals surface area contributed by atoms with Crippen molar-refractivity contribution < 1.29 is 33.7 Å². The van der Waals surface area contributed by atoms with Gasteiger partial charge in [-0.25, -0.2) is 4.79 Å². The lowest BCUT2D eigenvalue weighted by molar-refractivity contribution is -0.144. The van der Waals surface area contributed by atoms with Gasteiger partial charge in [-0.15, -0.1) is 0 Å². The molecule has 1 aromatic rings. The molecule has 4 rings (SSSR count). The number of thioether (sulfide) groups is 1. The molecule has 32 heavy (non-hydrogen) atoms. The highest BCUT2D eigenvalue weighted by atomic mass is 32.2. The molecule has 2 saturated heterocycles. The molecule has 0 saturated carbocycles. The van der Waals surface area contributed by atoms with Crippen LogP contribution in [0.4, 0.5) is 0 Å². The number of esters is 1. The SMILES string of the molecule is COc1ccc(C[C@]23SC([C@@H]4CCCO4)=C(C(=O)O)N2C(=O)C3=C(C)COC(C)=O)cc1. The maximum atomic E-state index is 13.3. The Bertz CT molecular complexity index is 1020. The third-order valence-corrected chi connectivity index (χ3v) is 7.40. The minimum absolute atomic E-state index is 0.00977. The molecule has 1 N–H and O–H groups in total. The number of carboxylic acid groups (broad SMARTS) is 1. The zero-order valence-electron chi connectivity index (χ0n) is 18.2. The summed E-state index contributed by atoms with van der Waals surface area (Å²) in [6.07, 6.45) is 1.61. The van der Waals surface area contributed by atoms with Crippen LogP contribution in [0.2, 0.25) is 0 Å². The molecule has 1 amide bonds. The van der Waals surface area contributed by atoms with E-state index in [9.17, 15) is 19.5 Å². The molecule has 0 bridgehead atoms. The van der Waals surface area contributed by atoms with Gasteiger partial charge in [-0.2, -0.15) is 0 Å². The summed E-state index contributed by atoms with van der Waals surface area (Å²) in [5, 5.41) is 10.0. The van der Waals surface area contributed by atoms with Gasteiger partial charge in [0.25, 0.3) is 5.91 Å². The van der Waals surface area contributed by atoms with E-state index in [1.165, 1.54) is 23.6 Å². The maximum absolute atomic E-state index is 13.3. The van der Waals surface area contributed by atoms with Gasteiger partial charge in [0.1, 0.15) is 22.9 Å². The fourth-order valence-corrected chi connectivity index (χ4v) is 6.27. The van der Waals surface area contributed by atoms with Crippen molar-refractivity contribution in [3.8, 4) is 5.75 Å². The number of carbonyl (C=O) groups excluding carboxylic acids is 2. The molecule has 0 unspecified atom stereocenters. The highest BCUT2D eigenvalue weighted by Crippen LogP contribution is 2.61. The van der Waals surface area contributed by atoms with E-state index in [0.29, 0.717) is 41.2 Å². The van der Waals surface area contributed by atoms with Gasteiger partial charge in [-0.1, -0.05) is 23.9 Å². The number of hydrogen-bond acceptors (Lipinski definition) is 7. The second-order valence-corrected chi connectivity index (χ2v) is 9.33. The fraction of sp³-hybridized carbons (Fsp3) is 0.435. The van der Waals surface area contributed by atoms with Crippen LogP contribution in [-0.2, 0) is 30.3 Å². The summed E-state index contributed by atoms with van der Waals surface area (Å²) in [7, 11) is 1.59. The van der Waals surface area contributed by atoms with Crippen molar-refractivity contribution in [2.24, 2.45) is 0 Å². The van der Waals surface area contributed by atoms with Crippen LogP contribution < -0.4 is 4.74 Å². The largest absolute Gasteiger partial charge is 0.497 e. The molecule has 2 fully saturated rings. The Hall–Kier alpha value is -2.78. The van der Waals surface area contributed by atoms with E-state index in [1.54, 1.807) is 14.0 Å². The van der Waals surface area contributed by atoms with Crippen molar-refractivity contribution in [2.45, 2.75) is 44.1 Å². The van der Waals surface area contributed by atoms with E-state index in [-0.39, 0.29) is 24.3 Å². The van der Waals surface area contributed by atoms with Gasteiger partial charge in [-0.3, -0.25) is 14.5 Å². The second-order valence-electron chi connectivity index (χ2n) is 8.01.